The van der Waals surface area contributed by atoms with E-state index in [2.05, 4.69) is 38.2 Å². The molecule has 0 saturated carbocycles. The molecule has 2 saturated heterocycles. The minimum absolute atomic E-state index is 0.161. The summed E-state index contributed by atoms with van der Waals surface area (Å²) in [5.41, 5.74) is 0. The van der Waals surface area contributed by atoms with Gasteiger partial charge in [-0.25, -0.2) is 0 Å². The van der Waals surface area contributed by atoms with E-state index in [0.29, 0.717) is 12.8 Å². The van der Waals surface area contributed by atoms with Crippen molar-refractivity contribution in [2.24, 2.45) is 0 Å². The smallest absolute Gasteiger partial charge is 0.306 e. The lowest BCUT2D eigenvalue weighted by atomic mass is 9.98. The summed E-state index contributed by atoms with van der Waals surface area (Å²) in [6.07, 6.45) is 11.1. The summed E-state index contributed by atoms with van der Waals surface area (Å²) in [5.74, 6) is -0.951. The Hall–Kier alpha value is -2.02. The fourth-order valence-electron chi connectivity index (χ4n) is 6.73. The Kier molecular flexibility index (Phi) is 28.6. The average Bonchev–Trinajstić information content (AvgIpc) is 3.21. The van der Waals surface area contributed by atoms with Gasteiger partial charge in [0.05, 0.1) is 19.8 Å². The van der Waals surface area contributed by atoms with Crippen LogP contribution < -0.4 is 0 Å². The van der Waals surface area contributed by atoms with Crippen molar-refractivity contribution in [1.29, 1.82) is 0 Å². The number of carbonyl (C=O) groups excluding carboxylic acids is 2. The Labute approximate surface area is 345 Å². The number of hydrogen-bond donors (Lipinski definition) is 7. The first-order valence-electron chi connectivity index (χ1n) is 21.9. The second-order valence-corrected chi connectivity index (χ2v) is 15.6. The molecule has 4 unspecified atom stereocenters. The lowest BCUT2D eigenvalue weighted by molar-refractivity contribution is -0.332. The fourth-order valence-corrected chi connectivity index (χ4v) is 6.73. The SMILES string of the molecule is CCCCCC/C=C/C=C/CCCCCCCC(=O)OC[C@H](CO[C@@H]1O[C@H](CO[C@@H]2O[C@H](CO)[C@H](O)C(O)C2O)[C@H](O)C(O)C1O)OC(=O)CCCCCCCCC. The normalized spacial score (nSPS) is 28.3. The summed E-state index contributed by atoms with van der Waals surface area (Å²) in [4.78, 5) is 25.4. The summed E-state index contributed by atoms with van der Waals surface area (Å²) >= 11 is 0. The number of aliphatic hydroxyl groups excluding tert-OH is 7. The molecule has 0 bridgehead atoms. The van der Waals surface area contributed by atoms with Crippen LogP contribution in [0.4, 0.5) is 0 Å². The molecule has 11 atom stereocenters. The van der Waals surface area contributed by atoms with Gasteiger partial charge in [0.1, 0.15) is 55.4 Å². The van der Waals surface area contributed by atoms with Crippen LogP contribution in [-0.2, 0) is 38.0 Å². The third kappa shape index (κ3) is 21.0. The van der Waals surface area contributed by atoms with Gasteiger partial charge < -0.3 is 64.2 Å². The zero-order valence-electron chi connectivity index (χ0n) is 35.0. The highest BCUT2D eigenvalue weighted by atomic mass is 16.7. The van der Waals surface area contributed by atoms with Gasteiger partial charge in [0, 0.05) is 12.8 Å². The van der Waals surface area contributed by atoms with Crippen LogP contribution in [0.3, 0.4) is 0 Å². The molecule has 0 aromatic carbocycles. The Morgan fingerprint density at radius 1 is 0.552 bits per heavy atom. The van der Waals surface area contributed by atoms with Crippen molar-refractivity contribution in [3.05, 3.63) is 24.3 Å². The predicted molar refractivity (Wildman–Crippen MR) is 215 cm³/mol. The van der Waals surface area contributed by atoms with Gasteiger partial charge in [0.25, 0.3) is 0 Å². The van der Waals surface area contributed by atoms with Gasteiger partial charge in [-0.05, 0) is 38.5 Å². The summed E-state index contributed by atoms with van der Waals surface area (Å²) in [5, 5.41) is 71.6. The second-order valence-electron chi connectivity index (χ2n) is 15.6. The van der Waals surface area contributed by atoms with Crippen LogP contribution in [0.2, 0.25) is 0 Å². The minimum Gasteiger partial charge on any atom is -0.462 e. The first-order chi connectivity index (χ1) is 28.0. The van der Waals surface area contributed by atoms with Crippen LogP contribution in [0, 0.1) is 0 Å². The van der Waals surface area contributed by atoms with Crippen molar-refractivity contribution in [3.63, 3.8) is 0 Å². The second kappa shape index (κ2) is 31.8. The number of unbranched alkanes of at least 4 members (excludes halogenated alkanes) is 15. The third-order valence-electron chi connectivity index (χ3n) is 10.5. The molecule has 2 rings (SSSR count). The molecule has 58 heavy (non-hydrogen) atoms. The van der Waals surface area contributed by atoms with E-state index in [0.717, 1.165) is 70.6 Å². The van der Waals surface area contributed by atoms with Crippen LogP contribution in [-0.4, -0.2) is 142 Å². The highest BCUT2D eigenvalue weighted by Crippen LogP contribution is 2.26. The molecule has 0 aliphatic carbocycles. The molecule has 0 amide bonds. The van der Waals surface area contributed by atoms with Gasteiger partial charge in [-0.3, -0.25) is 9.59 Å². The van der Waals surface area contributed by atoms with Crippen LogP contribution >= 0.6 is 0 Å². The maximum Gasteiger partial charge on any atom is 0.306 e. The molecule has 2 heterocycles. The number of rotatable bonds is 32. The van der Waals surface area contributed by atoms with Crippen molar-refractivity contribution in [1.82, 2.24) is 0 Å². The third-order valence-corrected chi connectivity index (χ3v) is 10.5. The van der Waals surface area contributed by atoms with E-state index in [1.165, 1.54) is 32.1 Å². The fraction of sp³-hybridized carbons (Fsp3) is 0.860. The van der Waals surface area contributed by atoms with Gasteiger partial charge in [0.15, 0.2) is 18.7 Å². The number of ether oxygens (including phenoxy) is 6. The van der Waals surface area contributed by atoms with Gasteiger partial charge in [-0.2, -0.15) is 0 Å². The summed E-state index contributed by atoms with van der Waals surface area (Å²) in [6.45, 7) is 2.47. The van der Waals surface area contributed by atoms with E-state index in [-0.39, 0.29) is 26.1 Å². The van der Waals surface area contributed by atoms with E-state index >= 15 is 0 Å². The summed E-state index contributed by atoms with van der Waals surface area (Å²) in [6, 6.07) is 0. The molecule has 7 N–H and O–H groups in total. The van der Waals surface area contributed by atoms with Crippen LogP contribution in [0.25, 0.3) is 0 Å². The molecule has 338 valence electrons. The van der Waals surface area contributed by atoms with E-state index in [1.54, 1.807) is 0 Å². The average molecular weight is 833 g/mol. The molecular formula is C43H76O15. The molecule has 0 spiro atoms. The topological polar surface area (TPSA) is 231 Å². The van der Waals surface area contributed by atoms with Crippen molar-refractivity contribution in [2.45, 2.75) is 210 Å². The predicted octanol–water partition coefficient (Wildman–Crippen LogP) is 4.04. The first kappa shape index (κ1) is 52.1. The summed E-state index contributed by atoms with van der Waals surface area (Å²) in [7, 11) is 0. The maximum absolute atomic E-state index is 12.8. The monoisotopic (exact) mass is 833 g/mol. The number of esters is 2. The molecule has 2 aliphatic heterocycles. The van der Waals surface area contributed by atoms with Crippen molar-refractivity contribution in [3.8, 4) is 0 Å². The quantitative estimate of drug-likeness (QED) is 0.0288. The Morgan fingerprint density at radius 3 is 1.59 bits per heavy atom. The molecule has 2 aliphatic rings. The molecule has 0 aromatic heterocycles. The van der Waals surface area contributed by atoms with E-state index in [4.69, 9.17) is 28.4 Å². The van der Waals surface area contributed by atoms with Gasteiger partial charge in [-0.1, -0.05) is 115 Å². The highest BCUT2D eigenvalue weighted by Gasteiger charge is 2.47. The molecule has 2 fully saturated rings. The molecule has 15 heteroatoms. The molecular weight excluding hydrogens is 756 g/mol. The van der Waals surface area contributed by atoms with Crippen molar-refractivity contribution >= 4 is 11.9 Å². The standard InChI is InChI=1S/C43H76O15/c1-3-5-7-9-11-12-13-14-15-16-17-18-20-21-23-25-34(45)53-28-31(56-35(46)26-24-22-19-10-8-6-4-2)29-54-42-41(52)39(50)37(48)33(58-42)30-55-43-40(51)38(49)36(47)32(27-44)57-43/h12-15,31-33,36-44,47-52H,3-11,16-30H2,1-2H3/b13-12+,15-14+/t31-,32-,33-,36+,37+,38?,39?,40?,41?,42-,43-/m1/s1. The summed E-state index contributed by atoms with van der Waals surface area (Å²) < 4.78 is 33.3. The Balaban J connectivity index is 1.84. The molecule has 0 radical (unpaired) electrons. The number of hydrogen-bond acceptors (Lipinski definition) is 15. The van der Waals surface area contributed by atoms with Crippen molar-refractivity contribution < 1.29 is 73.8 Å². The number of aliphatic hydroxyl groups is 7. The lowest BCUT2D eigenvalue weighted by Crippen LogP contribution is -2.61. The van der Waals surface area contributed by atoms with E-state index < -0.39 is 92.7 Å². The lowest BCUT2D eigenvalue weighted by Gasteiger charge is -2.42. The Bertz CT molecular complexity index is 1120. The number of allylic oxidation sites excluding steroid dienone is 4. The van der Waals surface area contributed by atoms with Crippen LogP contribution in [0.5, 0.6) is 0 Å². The maximum atomic E-state index is 12.8. The Morgan fingerprint density at radius 2 is 1.02 bits per heavy atom. The molecule has 0 aromatic rings. The van der Waals surface area contributed by atoms with Gasteiger partial charge >= 0.3 is 11.9 Å². The first-order valence-corrected chi connectivity index (χ1v) is 21.9. The zero-order valence-corrected chi connectivity index (χ0v) is 35.0. The highest BCUT2D eigenvalue weighted by molar-refractivity contribution is 5.70. The van der Waals surface area contributed by atoms with Crippen LogP contribution in [0.15, 0.2) is 24.3 Å². The number of carbonyl (C=O) groups is 2. The van der Waals surface area contributed by atoms with Crippen LogP contribution in [0.1, 0.15) is 142 Å². The van der Waals surface area contributed by atoms with Crippen molar-refractivity contribution in [2.75, 3.05) is 26.4 Å². The largest absolute Gasteiger partial charge is 0.462 e. The zero-order chi connectivity index (χ0) is 42.5. The van der Waals surface area contributed by atoms with E-state index in [9.17, 15) is 45.3 Å². The molecule has 15 nitrogen and oxygen atoms in total. The van der Waals surface area contributed by atoms with E-state index in [1.807, 2.05) is 0 Å². The van der Waals surface area contributed by atoms with Gasteiger partial charge in [-0.15, -0.1) is 0 Å². The van der Waals surface area contributed by atoms with Gasteiger partial charge in [0.2, 0.25) is 0 Å². The minimum atomic E-state index is -1.76.